The van der Waals surface area contributed by atoms with Gasteiger partial charge in [0.15, 0.2) is 0 Å². The van der Waals surface area contributed by atoms with Crippen molar-refractivity contribution < 1.29 is 18.7 Å². The first-order chi connectivity index (χ1) is 7.45. The third-order valence-corrected chi connectivity index (χ3v) is 2.08. The summed E-state index contributed by atoms with van der Waals surface area (Å²) in [5.41, 5.74) is -0.894. The number of rotatable bonds is 3. The van der Waals surface area contributed by atoms with Gasteiger partial charge in [0.05, 0.1) is 18.1 Å². The molecule has 0 aliphatic carbocycles. The number of nitriles is 1. The van der Waals surface area contributed by atoms with Gasteiger partial charge in [-0.2, -0.15) is 5.26 Å². The largest absolute Gasteiger partial charge is 0.481 e. The van der Waals surface area contributed by atoms with E-state index >= 15 is 0 Å². The zero-order chi connectivity index (χ0) is 12.3. The van der Waals surface area contributed by atoms with Crippen LogP contribution < -0.4 is 0 Å². The molecule has 84 valence electrons. The van der Waals surface area contributed by atoms with Crippen LogP contribution in [0.1, 0.15) is 23.2 Å². The minimum absolute atomic E-state index is 0.0546. The summed E-state index contributed by atoms with van der Waals surface area (Å²) in [7, 11) is 0. The minimum atomic E-state index is -2.86. The minimum Gasteiger partial charge on any atom is -0.481 e. The van der Waals surface area contributed by atoms with Gasteiger partial charge in [-0.25, -0.2) is 13.8 Å². The highest BCUT2D eigenvalue weighted by Crippen LogP contribution is 2.25. The molecule has 0 aliphatic rings. The number of hydrogen-bond acceptors (Lipinski definition) is 3. The first-order valence-corrected chi connectivity index (χ1v) is 4.43. The highest BCUT2D eigenvalue weighted by molar-refractivity contribution is 6.30. The van der Waals surface area contributed by atoms with E-state index in [2.05, 4.69) is 4.98 Å². The Morgan fingerprint density at radius 1 is 1.69 bits per heavy atom. The van der Waals surface area contributed by atoms with Gasteiger partial charge >= 0.3 is 5.97 Å². The summed E-state index contributed by atoms with van der Waals surface area (Å²) in [6, 6.07) is 2.46. The number of aliphatic carboxylic acids is 1. The number of carbonyl (C=O) groups is 1. The lowest BCUT2D eigenvalue weighted by molar-refractivity contribution is -0.136. The van der Waals surface area contributed by atoms with Crippen molar-refractivity contribution in [1.29, 1.82) is 5.26 Å². The predicted molar refractivity (Wildman–Crippen MR) is 50.3 cm³/mol. The van der Waals surface area contributed by atoms with Gasteiger partial charge in [-0.3, -0.25) is 4.79 Å². The standard InChI is InChI=1S/C9H5ClF2N2O2/c10-8-5(2-7(15)16)4(3-13)1-6(14-8)9(11)12/h1,9H,2H2,(H,15,16). The zero-order valence-corrected chi connectivity index (χ0v) is 8.50. The van der Waals surface area contributed by atoms with Gasteiger partial charge < -0.3 is 5.11 Å². The Labute approximate surface area is 94.1 Å². The second kappa shape index (κ2) is 4.86. The van der Waals surface area contributed by atoms with Gasteiger partial charge in [-0.15, -0.1) is 0 Å². The topological polar surface area (TPSA) is 74.0 Å². The number of aromatic nitrogens is 1. The SMILES string of the molecule is N#Cc1cc(C(F)F)nc(Cl)c1CC(=O)O. The maximum absolute atomic E-state index is 12.3. The molecular formula is C9H5ClF2N2O2. The van der Waals surface area contributed by atoms with Crippen LogP contribution in [0.3, 0.4) is 0 Å². The van der Waals surface area contributed by atoms with Crippen molar-refractivity contribution in [3.63, 3.8) is 0 Å². The second-order valence-electron chi connectivity index (χ2n) is 2.85. The van der Waals surface area contributed by atoms with Gasteiger partial charge in [0.2, 0.25) is 0 Å². The van der Waals surface area contributed by atoms with Crippen molar-refractivity contribution >= 4 is 17.6 Å². The fourth-order valence-electron chi connectivity index (χ4n) is 1.09. The molecule has 0 spiro atoms. The maximum atomic E-state index is 12.3. The van der Waals surface area contributed by atoms with Crippen LogP contribution in [0.5, 0.6) is 0 Å². The molecular weight excluding hydrogens is 242 g/mol. The van der Waals surface area contributed by atoms with E-state index in [0.717, 1.165) is 6.07 Å². The average molecular weight is 247 g/mol. The zero-order valence-electron chi connectivity index (χ0n) is 7.75. The molecule has 4 nitrogen and oxygen atoms in total. The van der Waals surface area contributed by atoms with Gasteiger partial charge in [-0.1, -0.05) is 11.6 Å². The fourth-order valence-corrected chi connectivity index (χ4v) is 1.36. The van der Waals surface area contributed by atoms with E-state index in [0.29, 0.717) is 0 Å². The van der Waals surface area contributed by atoms with Crippen LogP contribution in [0.2, 0.25) is 5.15 Å². The Morgan fingerprint density at radius 2 is 2.31 bits per heavy atom. The first kappa shape index (κ1) is 12.3. The third-order valence-electron chi connectivity index (χ3n) is 1.77. The molecule has 0 fully saturated rings. The number of hydrogen-bond donors (Lipinski definition) is 1. The molecule has 0 bridgehead atoms. The molecule has 0 aliphatic heterocycles. The summed E-state index contributed by atoms with van der Waals surface area (Å²) < 4.78 is 24.6. The van der Waals surface area contributed by atoms with Gasteiger partial charge in [-0.05, 0) is 6.07 Å². The molecule has 0 radical (unpaired) electrons. The molecule has 1 aromatic rings. The van der Waals surface area contributed by atoms with Crippen LogP contribution >= 0.6 is 11.6 Å². The molecule has 0 amide bonds. The average Bonchev–Trinajstić information content (AvgIpc) is 2.19. The number of pyridine rings is 1. The molecule has 16 heavy (non-hydrogen) atoms. The molecule has 1 N–H and O–H groups in total. The highest BCUT2D eigenvalue weighted by atomic mass is 35.5. The molecule has 0 unspecified atom stereocenters. The Hall–Kier alpha value is -1.74. The van der Waals surface area contributed by atoms with Crippen LogP contribution in [0.25, 0.3) is 0 Å². The highest BCUT2D eigenvalue weighted by Gasteiger charge is 2.18. The van der Waals surface area contributed by atoms with Crippen LogP contribution in [0.4, 0.5) is 8.78 Å². The summed E-state index contributed by atoms with van der Waals surface area (Å²) in [6.45, 7) is 0. The summed E-state index contributed by atoms with van der Waals surface area (Å²) >= 11 is 5.54. The predicted octanol–water partition coefficient (Wildman–Crippen LogP) is 2.17. The van der Waals surface area contributed by atoms with E-state index < -0.39 is 24.5 Å². The fraction of sp³-hybridized carbons (Fsp3) is 0.222. The normalized spacial score (nSPS) is 10.2. The molecule has 0 saturated heterocycles. The third kappa shape index (κ3) is 2.64. The summed E-state index contributed by atoms with van der Waals surface area (Å²) in [4.78, 5) is 13.8. The summed E-state index contributed by atoms with van der Waals surface area (Å²) in [5.74, 6) is -1.22. The van der Waals surface area contributed by atoms with Crippen molar-refractivity contribution in [2.45, 2.75) is 12.8 Å². The first-order valence-electron chi connectivity index (χ1n) is 4.05. The van der Waals surface area contributed by atoms with E-state index in [4.69, 9.17) is 22.0 Å². The summed E-state index contributed by atoms with van der Waals surface area (Å²) in [6.07, 6.45) is -3.39. The van der Waals surface area contributed by atoms with E-state index in [1.807, 2.05) is 0 Å². The maximum Gasteiger partial charge on any atom is 0.307 e. The number of halogens is 3. The van der Waals surface area contributed by atoms with E-state index in [9.17, 15) is 13.6 Å². The van der Waals surface area contributed by atoms with Crippen molar-refractivity contribution in [3.05, 3.63) is 28.0 Å². The van der Waals surface area contributed by atoms with Crippen molar-refractivity contribution in [2.24, 2.45) is 0 Å². The quantitative estimate of drug-likeness (QED) is 0.830. The van der Waals surface area contributed by atoms with E-state index in [-0.39, 0.29) is 16.3 Å². The van der Waals surface area contributed by atoms with E-state index in [1.54, 1.807) is 6.07 Å². The lowest BCUT2D eigenvalue weighted by Gasteiger charge is -2.06. The molecule has 1 heterocycles. The molecule has 0 aromatic carbocycles. The van der Waals surface area contributed by atoms with Gasteiger partial charge in [0.1, 0.15) is 10.8 Å². The van der Waals surface area contributed by atoms with E-state index in [1.165, 1.54) is 0 Å². The number of alkyl halides is 2. The monoisotopic (exact) mass is 246 g/mol. The van der Waals surface area contributed by atoms with Crippen LogP contribution in [0.15, 0.2) is 6.07 Å². The Kier molecular flexibility index (Phi) is 3.74. The Bertz CT molecular complexity index is 471. The molecule has 7 heteroatoms. The molecule has 0 atom stereocenters. The van der Waals surface area contributed by atoms with Crippen LogP contribution in [-0.2, 0) is 11.2 Å². The molecule has 1 aromatic heterocycles. The second-order valence-corrected chi connectivity index (χ2v) is 3.21. The molecule has 0 saturated carbocycles. The molecule has 1 rings (SSSR count). The smallest absolute Gasteiger partial charge is 0.307 e. The van der Waals surface area contributed by atoms with Crippen molar-refractivity contribution in [3.8, 4) is 6.07 Å². The van der Waals surface area contributed by atoms with Gasteiger partial charge in [0.25, 0.3) is 6.43 Å². The number of carboxylic acid groups (broad SMARTS) is 1. The number of carboxylic acids is 1. The lowest BCUT2D eigenvalue weighted by atomic mass is 10.1. The number of nitrogens with zero attached hydrogens (tertiary/aromatic N) is 2. The van der Waals surface area contributed by atoms with Crippen LogP contribution in [0, 0.1) is 11.3 Å². The van der Waals surface area contributed by atoms with Crippen LogP contribution in [-0.4, -0.2) is 16.1 Å². The Balaban J connectivity index is 3.30. The van der Waals surface area contributed by atoms with Crippen molar-refractivity contribution in [2.75, 3.05) is 0 Å². The van der Waals surface area contributed by atoms with Gasteiger partial charge in [0, 0.05) is 5.56 Å². The lowest BCUT2D eigenvalue weighted by Crippen LogP contribution is -2.06. The Morgan fingerprint density at radius 3 is 2.75 bits per heavy atom. The van der Waals surface area contributed by atoms with Crippen molar-refractivity contribution in [1.82, 2.24) is 4.98 Å². The summed E-state index contributed by atoms with van der Waals surface area (Å²) in [5, 5.41) is 16.9.